The number of hydrogen-bond acceptors (Lipinski definition) is 4. The summed E-state index contributed by atoms with van der Waals surface area (Å²) in [7, 11) is 0. The molecule has 0 fully saturated rings. The number of ether oxygens (including phenoxy) is 2. The summed E-state index contributed by atoms with van der Waals surface area (Å²) >= 11 is 0. The average molecular weight is 289 g/mol. The minimum absolute atomic E-state index is 0.205. The minimum atomic E-state index is -0.644. The predicted molar refractivity (Wildman–Crippen MR) is 76.4 cm³/mol. The molecule has 110 valence electrons. The molecule has 0 saturated heterocycles. The molecule has 5 heteroatoms. The first-order valence-electron chi connectivity index (χ1n) is 6.72. The van der Waals surface area contributed by atoms with Crippen LogP contribution in [0, 0.1) is 5.82 Å². The zero-order chi connectivity index (χ0) is 15.2. The molecule has 1 heterocycles. The average Bonchev–Trinajstić information content (AvgIpc) is 2.49. The first kappa shape index (κ1) is 15.0. The maximum absolute atomic E-state index is 13.6. The summed E-state index contributed by atoms with van der Waals surface area (Å²) in [6.07, 6.45) is 1.38. The van der Waals surface area contributed by atoms with Gasteiger partial charge in [-0.3, -0.25) is 4.79 Å². The van der Waals surface area contributed by atoms with Gasteiger partial charge in [0.1, 0.15) is 5.69 Å². The molecule has 1 aromatic heterocycles. The van der Waals surface area contributed by atoms with E-state index in [-0.39, 0.29) is 5.69 Å². The monoisotopic (exact) mass is 289 g/mol. The van der Waals surface area contributed by atoms with E-state index in [0.29, 0.717) is 30.3 Å². The van der Waals surface area contributed by atoms with Crippen molar-refractivity contribution in [1.29, 1.82) is 0 Å². The van der Waals surface area contributed by atoms with Gasteiger partial charge in [-0.2, -0.15) is 0 Å². The summed E-state index contributed by atoms with van der Waals surface area (Å²) in [5, 5.41) is 0. The third kappa shape index (κ3) is 3.37. The number of carbonyl (C=O) groups is 1. The van der Waals surface area contributed by atoms with Crippen molar-refractivity contribution in [2.24, 2.45) is 0 Å². The van der Waals surface area contributed by atoms with E-state index < -0.39 is 11.6 Å². The smallest absolute Gasteiger partial charge is 0.214 e. The van der Waals surface area contributed by atoms with Gasteiger partial charge >= 0.3 is 0 Å². The quantitative estimate of drug-likeness (QED) is 0.766. The molecule has 0 unspecified atom stereocenters. The number of carbonyl (C=O) groups excluding carboxylic acids is 1. The van der Waals surface area contributed by atoms with E-state index in [1.165, 1.54) is 18.3 Å². The van der Waals surface area contributed by atoms with Crippen molar-refractivity contribution in [3.63, 3.8) is 0 Å². The van der Waals surface area contributed by atoms with Crippen molar-refractivity contribution in [2.45, 2.75) is 13.8 Å². The molecule has 2 rings (SSSR count). The van der Waals surface area contributed by atoms with Gasteiger partial charge in [0.2, 0.25) is 5.78 Å². The molecule has 0 bridgehead atoms. The highest BCUT2D eigenvalue weighted by Crippen LogP contribution is 2.29. The minimum Gasteiger partial charge on any atom is -0.490 e. The number of rotatable bonds is 6. The van der Waals surface area contributed by atoms with E-state index in [4.69, 9.17) is 9.47 Å². The lowest BCUT2D eigenvalue weighted by atomic mass is 10.1. The summed E-state index contributed by atoms with van der Waals surface area (Å²) < 4.78 is 24.5. The fourth-order valence-corrected chi connectivity index (χ4v) is 1.88. The number of aromatic nitrogens is 1. The first-order valence-corrected chi connectivity index (χ1v) is 6.72. The first-order chi connectivity index (χ1) is 10.2. The normalized spacial score (nSPS) is 10.2. The second-order valence-corrected chi connectivity index (χ2v) is 4.19. The largest absolute Gasteiger partial charge is 0.490 e. The molecule has 0 aliphatic rings. The molecule has 0 aliphatic heterocycles. The van der Waals surface area contributed by atoms with Crippen LogP contribution in [0.3, 0.4) is 0 Å². The Labute approximate surface area is 122 Å². The van der Waals surface area contributed by atoms with E-state index in [1.54, 1.807) is 18.2 Å². The van der Waals surface area contributed by atoms with Gasteiger partial charge in [0.15, 0.2) is 17.3 Å². The summed E-state index contributed by atoms with van der Waals surface area (Å²) in [6.45, 7) is 4.62. The molecule has 0 N–H and O–H groups in total. The number of halogens is 1. The fraction of sp³-hybridized carbons (Fsp3) is 0.250. The number of pyridine rings is 1. The summed E-state index contributed by atoms with van der Waals surface area (Å²) in [5.74, 6) is -0.120. The topological polar surface area (TPSA) is 48.4 Å². The number of hydrogen-bond donors (Lipinski definition) is 0. The lowest BCUT2D eigenvalue weighted by Crippen LogP contribution is -2.08. The second-order valence-electron chi connectivity index (χ2n) is 4.19. The predicted octanol–water partition coefficient (Wildman–Crippen LogP) is 3.25. The van der Waals surface area contributed by atoms with Gasteiger partial charge in [0.25, 0.3) is 0 Å². The summed E-state index contributed by atoms with van der Waals surface area (Å²) in [6, 6.07) is 7.41. The van der Waals surface area contributed by atoms with Gasteiger partial charge in [0.05, 0.1) is 13.2 Å². The zero-order valence-corrected chi connectivity index (χ0v) is 11.9. The van der Waals surface area contributed by atoms with Crippen LogP contribution in [0.5, 0.6) is 11.5 Å². The van der Waals surface area contributed by atoms with E-state index in [2.05, 4.69) is 4.98 Å². The molecule has 2 aromatic rings. The lowest BCUT2D eigenvalue weighted by Gasteiger charge is -2.12. The van der Waals surface area contributed by atoms with Gasteiger partial charge in [-0.15, -0.1) is 0 Å². The Morgan fingerprint density at radius 1 is 1.14 bits per heavy atom. The Morgan fingerprint density at radius 3 is 2.52 bits per heavy atom. The summed E-state index contributed by atoms with van der Waals surface area (Å²) in [5.41, 5.74) is 0.101. The van der Waals surface area contributed by atoms with E-state index >= 15 is 0 Å². The Bertz CT molecular complexity index is 643. The van der Waals surface area contributed by atoms with Crippen LogP contribution in [0.15, 0.2) is 36.5 Å². The molecule has 4 nitrogen and oxygen atoms in total. The van der Waals surface area contributed by atoms with Crippen molar-refractivity contribution < 1.29 is 18.7 Å². The SMILES string of the molecule is CCOc1ccc(C(=O)c2ncccc2F)cc1OCC. The van der Waals surface area contributed by atoms with Gasteiger partial charge in [-0.05, 0) is 44.2 Å². The zero-order valence-electron chi connectivity index (χ0n) is 11.9. The standard InChI is InChI=1S/C16H16FNO3/c1-3-20-13-8-7-11(10-14(13)21-4-2)16(19)15-12(17)6-5-9-18-15/h5-10H,3-4H2,1-2H3. The van der Waals surface area contributed by atoms with E-state index in [0.717, 1.165) is 0 Å². The van der Waals surface area contributed by atoms with Gasteiger partial charge in [-0.25, -0.2) is 9.37 Å². The highest BCUT2D eigenvalue weighted by molar-refractivity contribution is 6.08. The Hall–Kier alpha value is -2.43. The van der Waals surface area contributed by atoms with Crippen LogP contribution in [-0.4, -0.2) is 24.0 Å². The molecule has 21 heavy (non-hydrogen) atoms. The fourth-order valence-electron chi connectivity index (χ4n) is 1.88. The van der Waals surface area contributed by atoms with Gasteiger partial charge < -0.3 is 9.47 Å². The van der Waals surface area contributed by atoms with Crippen molar-refractivity contribution in [2.75, 3.05) is 13.2 Å². The van der Waals surface area contributed by atoms with Crippen molar-refractivity contribution in [1.82, 2.24) is 4.98 Å². The molecular formula is C16H16FNO3. The molecule has 1 aromatic carbocycles. The second kappa shape index (κ2) is 6.83. The maximum atomic E-state index is 13.6. The highest BCUT2D eigenvalue weighted by Gasteiger charge is 2.17. The Balaban J connectivity index is 2.38. The van der Waals surface area contributed by atoms with Crippen LogP contribution in [0.4, 0.5) is 4.39 Å². The van der Waals surface area contributed by atoms with Crippen LogP contribution in [0.1, 0.15) is 29.9 Å². The van der Waals surface area contributed by atoms with Crippen LogP contribution >= 0.6 is 0 Å². The van der Waals surface area contributed by atoms with Crippen molar-refractivity contribution in [3.8, 4) is 11.5 Å². The van der Waals surface area contributed by atoms with Crippen molar-refractivity contribution >= 4 is 5.78 Å². The van der Waals surface area contributed by atoms with Gasteiger partial charge in [-0.1, -0.05) is 0 Å². The van der Waals surface area contributed by atoms with Crippen molar-refractivity contribution in [3.05, 3.63) is 53.6 Å². The molecule has 0 atom stereocenters. The maximum Gasteiger partial charge on any atom is 0.214 e. The molecule has 0 aliphatic carbocycles. The van der Waals surface area contributed by atoms with E-state index in [9.17, 15) is 9.18 Å². The molecule has 0 saturated carbocycles. The molecule has 0 spiro atoms. The Kier molecular flexibility index (Phi) is 4.87. The lowest BCUT2D eigenvalue weighted by molar-refractivity contribution is 0.102. The third-order valence-electron chi connectivity index (χ3n) is 2.78. The molecule has 0 radical (unpaired) electrons. The Morgan fingerprint density at radius 2 is 1.86 bits per heavy atom. The van der Waals surface area contributed by atoms with Crippen LogP contribution in [0.2, 0.25) is 0 Å². The summed E-state index contributed by atoms with van der Waals surface area (Å²) in [4.78, 5) is 16.1. The third-order valence-corrected chi connectivity index (χ3v) is 2.78. The number of ketones is 1. The van der Waals surface area contributed by atoms with E-state index in [1.807, 2.05) is 13.8 Å². The molecule has 0 amide bonds. The van der Waals surface area contributed by atoms with Gasteiger partial charge in [0, 0.05) is 11.8 Å². The number of benzene rings is 1. The highest BCUT2D eigenvalue weighted by atomic mass is 19.1. The van der Waals surface area contributed by atoms with Crippen LogP contribution in [-0.2, 0) is 0 Å². The van der Waals surface area contributed by atoms with Crippen LogP contribution in [0.25, 0.3) is 0 Å². The molecular weight excluding hydrogens is 273 g/mol. The number of nitrogens with zero attached hydrogens (tertiary/aromatic N) is 1. The van der Waals surface area contributed by atoms with Crippen LogP contribution < -0.4 is 9.47 Å².